The molecule has 0 aliphatic heterocycles. The van der Waals surface area contributed by atoms with Gasteiger partial charge in [0.1, 0.15) is 0 Å². The summed E-state index contributed by atoms with van der Waals surface area (Å²) in [6.45, 7) is 2.29. The van der Waals surface area contributed by atoms with E-state index in [-0.39, 0.29) is 58.6 Å². The van der Waals surface area contributed by atoms with E-state index in [0.29, 0.717) is 0 Å². The minimum Gasteiger partial charge on any atom is -1.00 e. The van der Waals surface area contributed by atoms with Crippen molar-refractivity contribution in [2.75, 3.05) is 6.16 Å². The first-order chi connectivity index (χ1) is 8.40. The van der Waals surface area contributed by atoms with E-state index in [1.54, 1.807) is 0 Å². The van der Waals surface area contributed by atoms with Gasteiger partial charge in [-0.1, -0.05) is 13.0 Å². The quantitative estimate of drug-likeness (QED) is 0.276. The van der Waals surface area contributed by atoms with Crippen molar-refractivity contribution in [3.63, 3.8) is 0 Å². The fourth-order valence-electron chi connectivity index (χ4n) is 2.42. The average Bonchev–Trinajstić information content (AvgIpc) is 3.01. The molecule has 0 bridgehead atoms. The van der Waals surface area contributed by atoms with Crippen molar-refractivity contribution in [2.45, 2.75) is 13.3 Å². The van der Waals surface area contributed by atoms with Crippen molar-refractivity contribution in [2.24, 2.45) is 0 Å². The molecule has 20 heavy (non-hydrogen) atoms. The van der Waals surface area contributed by atoms with Gasteiger partial charge < -0.3 is 24.8 Å². The molecule has 2 aromatic rings. The van der Waals surface area contributed by atoms with Crippen LogP contribution in [0.1, 0.15) is 13.3 Å². The zero-order valence-electron chi connectivity index (χ0n) is 11.2. The van der Waals surface area contributed by atoms with Crippen molar-refractivity contribution in [3.8, 4) is 0 Å². The maximum absolute atomic E-state index is 3.49. The van der Waals surface area contributed by atoms with Crippen LogP contribution in [-0.2, 0) is 25.8 Å². The normalized spacial score (nSPS) is 13.9. The van der Waals surface area contributed by atoms with Crippen LogP contribution >= 0.6 is 7.92 Å². The molecule has 0 spiro atoms. The summed E-state index contributed by atoms with van der Waals surface area (Å²) < 4.78 is 0. The number of halogens is 2. The van der Waals surface area contributed by atoms with Gasteiger partial charge in [-0.25, -0.2) is 11.4 Å². The average molecular weight is 488 g/mol. The van der Waals surface area contributed by atoms with Crippen molar-refractivity contribution in [1.82, 2.24) is 0 Å². The number of allylic oxidation sites excluding steroid dienone is 4. The van der Waals surface area contributed by atoms with Crippen molar-refractivity contribution in [1.29, 1.82) is 0 Å². The molecule has 1 aliphatic rings. The van der Waals surface area contributed by atoms with Crippen LogP contribution in [0.2, 0.25) is 0 Å². The van der Waals surface area contributed by atoms with E-state index in [2.05, 4.69) is 61.5 Å². The third-order valence-electron chi connectivity index (χ3n) is 3.23. The van der Waals surface area contributed by atoms with E-state index in [9.17, 15) is 0 Å². The number of fused-ring (bicyclic) bond motifs is 1. The van der Waals surface area contributed by atoms with E-state index in [1.807, 2.05) is 0 Å². The van der Waals surface area contributed by atoms with Gasteiger partial charge in [0.25, 0.3) is 0 Å². The molecule has 4 heteroatoms. The van der Waals surface area contributed by atoms with Crippen LogP contribution < -0.4 is 30.1 Å². The molecular formula is C16H15Cl2HfP. The molecule has 1 atom stereocenters. The maximum atomic E-state index is 3.49. The van der Waals surface area contributed by atoms with Crippen LogP contribution in [0.25, 0.3) is 10.8 Å². The molecule has 2 aromatic carbocycles. The Bertz CT molecular complexity index is 601. The molecule has 3 rings (SSSR count). The molecule has 0 saturated heterocycles. The second-order valence-electron chi connectivity index (χ2n) is 4.22. The van der Waals surface area contributed by atoms with E-state index in [4.69, 9.17) is 0 Å². The summed E-state index contributed by atoms with van der Waals surface area (Å²) in [5.41, 5.74) is 0. The van der Waals surface area contributed by atoms with Gasteiger partial charge in [0.05, 0.1) is 0 Å². The Balaban J connectivity index is 0.00000120. The first-order valence-corrected chi connectivity index (χ1v) is 7.62. The van der Waals surface area contributed by atoms with Gasteiger partial charge in [0.2, 0.25) is 0 Å². The third kappa shape index (κ3) is 3.89. The molecule has 0 radical (unpaired) electrons. The molecule has 0 aromatic heterocycles. The number of benzene rings is 1. The molecule has 0 amide bonds. The Morgan fingerprint density at radius 2 is 1.95 bits per heavy atom. The van der Waals surface area contributed by atoms with Crippen molar-refractivity contribution >= 4 is 24.0 Å². The molecular weight excluding hydrogens is 473 g/mol. The number of rotatable bonds is 3. The minimum absolute atomic E-state index is 0. The molecule has 0 N–H and O–H groups in total. The second-order valence-corrected chi connectivity index (χ2v) is 6.67. The monoisotopic (exact) mass is 488 g/mol. The molecule has 0 heterocycles. The fourth-order valence-corrected chi connectivity index (χ4v) is 4.68. The van der Waals surface area contributed by atoms with E-state index < -0.39 is 0 Å². The van der Waals surface area contributed by atoms with Crippen LogP contribution in [0.5, 0.6) is 0 Å². The van der Waals surface area contributed by atoms with Crippen LogP contribution in [0.4, 0.5) is 0 Å². The van der Waals surface area contributed by atoms with Gasteiger partial charge in [-0.3, -0.25) is 6.08 Å². The van der Waals surface area contributed by atoms with Gasteiger partial charge in [0.15, 0.2) is 0 Å². The summed E-state index contributed by atoms with van der Waals surface area (Å²) in [6, 6.07) is 13.2. The van der Waals surface area contributed by atoms with Gasteiger partial charge in [-0.05, 0) is 6.16 Å². The Hall–Kier alpha value is 0.190. The van der Waals surface area contributed by atoms with E-state index in [0.717, 1.165) is 6.42 Å². The molecule has 1 unspecified atom stereocenters. The summed E-state index contributed by atoms with van der Waals surface area (Å²) in [5, 5.41) is 5.74. The summed E-state index contributed by atoms with van der Waals surface area (Å²) in [6.07, 6.45) is 10.2. The van der Waals surface area contributed by atoms with Gasteiger partial charge in [-0.15, -0.1) is 54.7 Å². The molecule has 0 saturated carbocycles. The molecule has 0 nitrogen and oxygen atoms in total. The largest absolute Gasteiger partial charge is 4.00 e. The van der Waals surface area contributed by atoms with Crippen LogP contribution in [0.15, 0.2) is 53.9 Å². The number of hydrogen-bond acceptors (Lipinski definition) is 0. The van der Waals surface area contributed by atoms with E-state index >= 15 is 0 Å². The summed E-state index contributed by atoms with van der Waals surface area (Å²) in [4.78, 5) is 0. The van der Waals surface area contributed by atoms with Crippen LogP contribution in [0.3, 0.4) is 0 Å². The summed E-state index contributed by atoms with van der Waals surface area (Å²) in [5.74, 6) is 0. The SMILES string of the molecule is CCP(C1=[C-]CC=C1)[c-]1ccc2ccccc21.[Cl-].[Cl-].[Hf+4]. The number of hydrogen-bond donors (Lipinski definition) is 0. The zero-order chi connectivity index (χ0) is 11.7. The second kappa shape index (κ2) is 9.26. The zero-order valence-corrected chi connectivity index (χ0v) is 17.2. The standard InChI is InChI=1S/C16H15P.2ClH.Hf/c1-2-17(14-8-4-5-9-14)16-12-11-13-7-3-6-10-15(13)16;;;/h3-4,6-8,10-12H,2,5H2,1H3;2*1H;/q-2;;;+4/p-2. The summed E-state index contributed by atoms with van der Waals surface area (Å²) >= 11 is 0. The molecule has 0 fully saturated rings. The Labute approximate surface area is 153 Å². The fraction of sp³-hybridized carbons (Fsp3) is 0.188. The van der Waals surface area contributed by atoms with Crippen molar-refractivity contribution in [3.05, 3.63) is 59.9 Å². The topological polar surface area (TPSA) is 0 Å². The first kappa shape index (κ1) is 20.2. The van der Waals surface area contributed by atoms with Crippen molar-refractivity contribution < 1.29 is 50.7 Å². The summed E-state index contributed by atoms with van der Waals surface area (Å²) in [7, 11) is -0.199. The van der Waals surface area contributed by atoms with Gasteiger partial charge in [-0.2, -0.15) is 12.1 Å². The van der Waals surface area contributed by atoms with Gasteiger partial charge >= 0.3 is 25.8 Å². The van der Waals surface area contributed by atoms with Gasteiger partial charge in [0, 0.05) is 0 Å². The molecule has 102 valence electrons. The van der Waals surface area contributed by atoms with Crippen LogP contribution in [-0.4, -0.2) is 6.16 Å². The Morgan fingerprint density at radius 1 is 1.20 bits per heavy atom. The predicted molar refractivity (Wildman–Crippen MR) is 77.1 cm³/mol. The maximum Gasteiger partial charge on any atom is 4.00 e. The molecule has 1 aliphatic carbocycles. The Kier molecular flexibility index (Phi) is 9.35. The minimum atomic E-state index is -0.199. The first-order valence-electron chi connectivity index (χ1n) is 6.09. The van der Waals surface area contributed by atoms with Crippen LogP contribution in [0, 0.1) is 6.08 Å². The van der Waals surface area contributed by atoms with E-state index in [1.165, 1.54) is 27.6 Å². The third-order valence-corrected chi connectivity index (χ3v) is 5.72. The Morgan fingerprint density at radius 3 is 2.60 bits per heavy atom. The smallest absolute Gasteiger partial charge is 1.00 e. The predicted octanol–water partition coefficient (Wildman–Crippen LogP) is -1.66.